The van der Waals surface area contributed by atoms with Gasteiger partial charge in [-0.25, -0.2) is 24.9 Å². The quantitative estimate of drug-likeness (QED) is 0.0319. The second kappa shape index (κ2) is 37.7. The molecule has 0 bridgehead atoms. The summed E-state index contributed by atoms with van der Waals surface area (Å²) in [6.45, 7) is 4.51. The SMILES string of the molecule is CCC(COC)NC(=O)c1cnc2n[nH]c(-c3ccccc3)c2c1.O=C(NC1CC1)c1cnc2n[nH]c(-c3ccccc3)c2c1.O=C(NCC1CCCO1)c1cnc2n[nH]c(-c3ccccc3)c2c1.O=C(NCc1ccccn1)c1cnc2n[nH]c(-c3ccccc3)c2c1.O=C(NCc1ccco1)c1cnc2n[nH]c(-c3ccccc3)c2c1. The standard InChI is InChI=1S/C19H15N5O.C18H18N4O2.C18H14N4O2.C18H20N4O2.C16H14N4O/c25-19(22-12-15-8-4-5-9-20-15)14-10-16-17(13-6-2-1-3-7-13)23-24-18(16)21-11-14;2*23-18(20-11-14-7-4-8-24-14)13-9-15-16(12-5-2-1-3-6-12)21-22-17(15)19-10-13;1-3-14(11-24-2)20-18(23)13-9-15-16(12-7-5-4-6-8-12)21-22-17(15)19-10-13;21-16(18-12-6-7-12)11-8-13-14(10-4-2-1-3-5-10)19-20-15(13)17-9-11/h1-11H,12H2,(H,22,25)(H,21,23,24);1-3,5-6,9-10,14H,4,7-8,11H2,(H,20,23)(H,19,21,22);1-10H,11H2,(H,20,23)(H,19,21,22);4-10,14H,3,11H2,1-2H3,(H,20,23)(H,19,21,22);1-5,8-9,12H,6-7H2,(H,18,21)(H,17,19,20). The number of rotatable bonds is 21. The number of carbonyl (C=O) groups excluding carboxylic acids is 5. The van der Waals surface area contributed by atoms with Crippen LogP contribution >= 0.6 is 0 Å². The van der Waals surface area contributed by atoms with Crippen molar-refractivity contribution in [2.75, 3.05) is 26.9 Å². The lowest BCUT2D eigenvalue weighted by molar-refractivity contribution is 0.0856. The maximum absolute atomic E-state index is 12.5. The maximum atomic E-state index is 12.5. The molecule has 5 amide bonds. The lowest BCUT2D eigenvalue weighted by Gasteiger charge is -2.15. The molecule has 13 heterocycles. The van der Waals surface area contributed by atoms with Crippen LogP contribution in [0.2, 0.25) is 0 Å². The average Bonchev–Trinajstić information content (AvgIpc) is 1.67. The summed E-state index contributed by atoms with van der Waals surface area (Å²) in [5.41, 5.74) is 15.7. The van der Waals surface area contributed by atoms with Crippen molar-refractivity contribution in [2.24, 2.45) is 0 Å². The second-order valence-corrected chi connectivity index (χ2v) is 27.7. The smallest absolute Gasteiger partial charge is 0.253 e. The van der Waals surface area contributed by atoms with E-state index < -0.39 is 0 Å². The van der Waals surface area contributed by atoms with E-state index in [1.165, 1.54) is 12.4 Å². The average molecular weight is 1570 g/mol. The number of hydrogen-bond acceptors (Lipinski definition) is 19. The Hall–Kier alpha value is -15.1. The van der Waals surface area contributed by atoms with Crippen molar-refractivity contribution in [3.05, 3.63) is 295 Å². The number of carbonyl (C=O) groups is 5. The molecule has 29 nitrogen and oxygen atoms in total. The van der Waals surface area contributed by atoms with Gasteiger partial charge in [0, 0.05) is 118 Å². The van der Waals surface area contributed by atoms with Gasteiger partial charge in [-0.15, -0.1) is 0 Å². The number of fused-ring (bicyclic) bond motifs is 5. The summed E-state index contributed by atoms with van der Waals surface area (Å²) in [7, 11) is 1.63. The van der Waals surface area contributed by atoms with Gasteiger partial charge in [-0.05, 0) is 86.7 Å². The molecule has 12 aromatic heterocycles. The number of nitrogens with one attached hydrogen (secondary N) is 10. The Morgan fingerprint density at radius 2 is 0.797 bits per heavy atom. The first kappa shape index (κ1) is 78.2. The monoisotopic (exact) mass is 1570 g/mol. The first-order valence-corrected chi connectivity index (χ1v) is 38.4. The number of furan rings is 1. The van der Waals surface area contributed by atoms with E-state index in [1.807, 2.05) is 207 Å². The lowest BCUT2D eigenvalue weighted by atomic mass is 10.1. The van der Waals surface area contributed by atoms with Crippen molar-refractivity contribution in [2.45, 2.75) is 70.3 Å². The molecule has 2 unspecified atom stereocenters. The Balaban J connectivity index is 0.000000115. The van der Waals surface area contributed by atoms with Gasteiger partial charge in [0.2, 0.25) is 0 Å². The van der Waals surface area contributed by atoms with Gasteiger partial charge in [0.15, 0.2) is 28.2 Å². The van der Waals surface area contributed by atoms with Crippen molar-refractivity contribution in [1.29, 1.82) is 0 Å². The first-order valence-electron chi connectivity index (χ1n) is 38.4. The molecule has 2 aliphatic rings. The molecule has 29 heteroatoms. The van der Waals surface area contributed by atoms with E-state index in [2.05, 4.69) is 107 Å². The molecule has 19 rings (SSSR count). The minimum Gasteiger partial charge on any atom is -0.467 e. The molecule has 1 aliphatic heterocycles. The Bertz CT molecular complexity index is 6240. The number of H-pyrrole nitrogens is 5. The number of aromatic nitrogens is 16. The van der Waals surface area contributed by atoms with Gasteiger partial charge in [0.1, 0.15) is 5.76 Å². The number of methoxy groups -OCH3 is 1. The van der Waals surface area contributed by atoms with Crippen LogP contribution in [0, 0.1) is 0 Å². The third-order valence-electron chi connectivity index (χ3n) is 19.5. The highest BCUT2D eigenvalue weighted by molar-refractivity contribution is 6.04. The zero-order chi connectivity index (χ0) is 80.9. The van der Waals surface area contributed by atoms with Crippen molar-refractivity contribution in [1.82, 2.24) is 107 Å². The number of amides is 5. The number of pyridine rings is 6. The number of nitrogens with zero attached hydrogens (tertiary/aromatic N) is 11. The van der Waals surface area contributed by atoms with E-state index in [0.717, 1.165) is 128 Å². The zero-order valence-electron chi connectivity index (χ0n) is 64.2. The van der Waals surface area contributed by atoms with Crippen molar-refractivity contribution in [3.63, 3.8) is 0 Å². The van der Waals surface area contributed by atoms with Crippen LogP contribution in [-0.4, -0.2) is 155 Å². The fourth-order valence-electron chi connectivity index (χ4n) is 13.0. The van der Waals surface area contributed by atoms with Crippen LogP contribution in [0.25, 0.3) is 111 Å². The number of ether oxygens (including phenoxy) is 2. The van der Waals surface area contributed by atoms with Gasteiger partial charge in [0.05, 0.1) is 100 Å². The molecule has 0 spiro atoms. The van der Waals surface area contributed by atoms with E-state index >= 15 is 0 Å². The lowest BCUT2D eigenvalue weighted by Crippen LogP contribution is -2.37. The molecule has 10 N–H and O–H groups in total. The third-order valence-corrected chi connectivity index (χ3v) is 19.5. The summed E-state index contributed by atoms with van der Waals surface area (Å²) in [6.07, 6.45) is 16.1. The molecule has 5 aromatic carbocycles. The zero-order valence-corrected chi connectivity index (χ0v) is 64.2. The highest BCUT2D eigenvalue weighted by Crippen LogP contribution is 2.32. The molecular formula is C89H81N21O8. The van der Waals surface area contributed by atoms with Crippen molar-refractivity contribution < 1.29 is 37.9 Å². The van der Waals surface area contributed by atoms with E-state index in [1.54, 1.807) is 50.3 Å². The Labute approximate surface area is 675 Å². The normalized spacial score (nSPS) is 13.0. The van der Waals surface area contributed by atoms with Crippen molar-refractivity contribution in [3.8, 4) is 56.3 Å². The summed E-state index contributed by atoms with van der Waals surface area (Å²) in [4.78, 5) is 87.3. The van der Waals surface area contributed by atoms with Crippen LogP contribution in [0.3, 0.4) is 0 Å². The highest BCUT2D eigenvalue weighted by Gasteiger charge is 2.26. The molecule has 1 saturated heterocycles. The minimum absolute atomic E-state index is 0.0175. The second-order valence-electron chi connectivity index (χ2n) is 27.7. The van der Waals surface area contributed by atoms with E-state index in [9.17, 15) is 24.0 Å². The van der Waals surface area contributed by atoms with Crippen LogP contribution < -0.4 is 26.6 Å². The summed E-state index contributed by atoms with van der Waals surface area (Å²) in [5, 5.41) is 54.7. The summed E-state index contributed by atoms with van der Waals surface area (Å²) in [5.74, 6) is -0.0623. The Morgan fingerprint density at radius 3 is 1.14 bits per heavy atom. The number of hydrogen-bond donors (Lipinski definition) is 10. The highest BCUT2D eigenvalue weighted by atomic mass is 16.5. The van der Waals surface area contributed by atoms with Crippen LogP contribution in [0.15, 0.2) is 260 Å². The molecule has 118 heavy (non-hydrogen) atoms. The predicted molar refractivity (Wildman–Crippen MR) is 447 cm³/mol. The Kier molecular flexibility index (Phi) is 25.0. The minimum atomic E-state index is -0.207. The van der Waals surface area contributed by atoms with Gasteiger partial charge in [0.25, 0.3) is 29.5 Å². The summed E-state index contributed by atoms with van der Waals surface area (Å²) in [6, 6.07) is 68.0. The molecule has 590 valence electrons. The molecule has 1 saturated carbocycles. The van der Waals surface area contributed by atoms with Crippen LogP contribution in [-0.2, 0) is 22.6 Å². The molecule has 2 fully saturated rings. The third kappa shape index (κ3) is 19.4. The summed E-state index contributed by atoms with van der Waals surface area (Å²) < 4.78 is 15.9. The van der Waals surface area contributed by atoms with Crippen molar-refractivity contribution >= 4 is 84.7 Å². The predicted octanol–water partition coefficient (Wildman–Crippen LogP) is 13.9. The van der Waals surface area contributed by atoms with Crippen LogP contribution in [0.5, 0.6) is 0 Å². The molecule has 0 radical (unpaired) electrons. The van der Waals surface area contributed by atoms with E-state index in [4.69, 9.17) is 13.9 Å². The topological polar surface area (TPSA) is 398 Å². The van der Waals surface area contributed by atoms with Gasteiger partial charge >= 0.3 is 0 Å². The fraction of sp³-hybridized carbons (Fsp3) is 0.169. The fourth-order valence-corrected chi connectivity index (χ4v) is 13.0. The van der Waals surface area contributed by atoms with Gasteiger partial charge in [-0.1, -0.05) is 165 Å². The van der Waals surface area contributed by atoms with Gasteiger partial charge in [-0.3, -0.25) is 54.5 Å². The first-order chi connectivity index (χ1) is 58.0. The van der Waals surface area contributed by atoms with Crippen LogP contribution in [0.4, 0.5) is 0 Å². The summed E-state index contributed by atoms with van der Waals surface area (Å²) >= 11 is 0. The maximum Gasteiger partial charge on any atom is 0.253 e. The number of aromatic amines is 5. The largest absolute Gasteiger partial charge is 0.467 e. The molecular weight excluding hydrogens is 1490 g/mol. The molecule has 1 aliphatic carbocycles. The van der Waals surface area contributed by atoms with E-state index in [-0.39, 0.29) is 41.7 Å². The Morgan fingerprint density at radius 1 is 0.424 bits per heavy atom. The molecule has 2 atom stereocenters. The molecule has 17 aromatic rings. The van der Waals surface area contributed by atoms with E-state index in [0.29, 0.717) is 94.1 Å². The van der Waals surface area contributed by atoms with Gasteiger partial charge in [-0.2, -0.15) is 25.5 Å². The number of benzene rings is 5. The van der Waals surface area contributed by atoms with Gasteiger partial charge < -0.3 is 40.5 Å². The van der Waals surface area contributed by atoms with Crippen LogP contribution in [0.1, 0.15) is 102 Å².